The minimum Gasteiger partial charge on any atom is -0.378 e. The highest BCUT2D eigenvalue weighted by Gasteiger charge is 2.08. The Morgan fingerprint density at radius 3 is 2.47 bits per heavy atom. The van der Waals surface area contributed by atoms with E-state index in [1.165, 1.54) is 5.69 Å². The highest BCUT2D eigenvalue weighted by atomic mass is 32.1. The summed E-state index contributed by atoms with van der Waals surface area (Å²) in [5.41, 5.74) is 5.21. The topological polar surface area (TPSA) is 29.0 Å². The van der Waals surface area contributed by atoms with Crippen LogP contribution in [0.3, 0.4) is 0 Å². The van der Waals surface area contributed by atoms with Gasteiger partial charge >= 0.3 is 0 Å². The molecule has 0 unspecified atom stereocenters. The zero-order valence-electron chi connectivity index (χ0n) is 10.7. The van der Waals surface area contributed by atoms with Crippen LogP contribution in [0.2, 0.25) is 0 Å². The monoisotopic (exact) mass is 287 g/mol. The Labute approximate surface area is 120 Å². The van der Waals surface area contributed by atoms with Gasteiger partial charge in [0, 0.05) is 36.9 Å². The maximum Gasteiger partial charge on any atom is 0.135 e. The van der Waals surface area contributed by atoms with Gasteiger partial charge in [-0.3, -0.25) is 4.98 Å². The van der Waals surface area contributed by atoms with Crippen molar-refractivity contribution in [3.8, 4) is 21.1 Å². The van der Waals surface area contributed by atoms with Gasteiger partial charge in [0.1, 0.15) is 5.01 Å². The molecule has 0 amide bonds. The highest BCUT2D eigenvalue weighted by molar-refractivity contribution is 7.20. The van der Waals surface area contributed by atoms with Crippen molar-refractivity contribution in [1.82, 2.24) is 9.97 Å². The summed E-state index contributed by atoms with van der Waals surface area (Å²) in [5.74, 6) is 0. The molecule has 0 fully saturated rings. The fraction of sp³-hybridized carbons (Fsp3) is 0.143. The molecule has 0 bridgehead atoms. The second kappa shape index (κ2) is 5.11. The van der Waals surface area contributed by atoms with Crippen LogP contribution in [0.5, 0.6) is 0 Å². The molecule has 2 aromatic heterocycles. The zero-order valence-corrected chi connectivity index (χ0v) is 12.3. The molecule has 0 aliphatic carbocycles. The van der Waals surface area contributed by atoms with Gasteiger partial charge in [-0.05, 0) is 12.1 Å². The van der Waals surface area contributed by atoms with Crippen molar-refractivity contribution >= 4 is 28.4 Å². The minimum atomic E-state index is 1.03. The van der Waals surface area contributed by atoms with Crippen LogP contribution < -0.4 is 4.90 Å². The number of hydrogen-bond acceptors (Lipinski definition) is 5. The largest absolute Gasteiger partial charge is 0.378 e. The van der Waals surface area contributed by atoms with Gasteiger partial charge in [-0.15, -0.1) is 22.7 Å². The molecular formula is C14H13N3S2. The van der Waals surface area contributed by atoms with Crippen LogP contribution in [-0.2, 0) is 0 Å². The molecule has 0 radical (unpaired) electrons. The molecule has 0 saturated carbocycles. The smallest absolute Gasteiger partial charge is 0.135 e. The Bertz CT molecular complexity index is 654. The summed E-state index contributed by atoms with van der Waals surface area (Å²) in [7, 11) is 4.08. The Hall–Kier alpha value is -1.72. The molecule has 0 saturated heterocycles. The number of aromatic nitrogens is 2. The minimum absolute atomic E-state index is 1.03. The number of rotatable bonds is 3. The molecule has 0 atom stereocenters. The summed E-state index contributed by atoms with van der Waals surface area (Å²) < 4.78 is 0. The lowest BCUT2D eigenvalue weighted by Gasteiger charge is -2.12. The summed E-state index contributed by atoms with van der Waals surface area (Å²) in [6, 6.07) is 8.45. The quantitative estimate of drug-likeness (QED) is 0.729. The lowest BCUT2D eigenvalue weighted by molar-refractivity contribution is 1.13. The predicted octanol–water partition coefficient (Wildman–Crippen LogP) is 4.00. The van der Waals surface area contributed by atoms with Gasteiger partial charge in [-0.1, -0.05) is 12.1 Å². The predicted molar refractivity (Wildman–Crippen MR) is 83.0 cm³/mol. The molecule has 0 spiro atoms. The number of hydrogen-bond donors (Lipinski definition) is 0. The van der Waals surface area contributed by atoms with Crippen molar-refractivity contribution in [2.75, 3.05) is 19.0 Å². The molecule has 0 aliphatic heterocycles. The molecule has 3 rings (SSSR count). The van der Waals surface area contributed by atoms with E-state index in [0.717, 1.165) is 21.1 Å². The first-order valence-electron chi connectivity index (χ1n) is 5.86. The maximum atomic E-state index is 4.67. The van der Waals surface area contributed by atoms with E-state index in [4.69, 9.17) is 0 Å². The van der Waals surface area contributed by atoms with Crippen LogP contribution in [0.4, 0.5) is 5.69 Å². The van der Waals surface area contributed by atoms with E-state index in [-0.39, 0.29) is 0 Å². The van der Waals surface area contributed by atoms with Gasteiger partial charge in [0.05, 0.1) is 16.1 Å². The third-order valence-electron chi connectivity index (χ3n) is 2.83. The number of anilines is 1. The van der Waals surface area contributed by atoms with Crippen LogP contribution in [0.1, 0.15) is 0 Å². The van der Waals surface area contributed by atoms with Crippen molar-refractivity contribution in [3.05, 3.63) is 41.4 Å². The van der Waals surface area contributed by atoms with Crippen molar-refractivity contribution in [2.45, 2.75) is 0 Å². The average molecular weight is 287 g/mol. The normalized spacial score (nSPS) is 10.6. The van der Waals surface area contributed by atoms with Gasteiger partial charge in [0.2, 0.25) is 0 Å². The maximum absolute atomic E-state index is 4.67. The van der Waals surface area contributed by atoms with Crippen LogP contribution in [-0.4, -0.2) is 24.1 Å². The Morgan fingerprint density at radius 1 is 1.05 bits per heavy atom. The van der Waals surface area contributed by atoms with Crippen LogP contribution >= 0.6 is 22.7 Å². The number of thiazole rings is 2. The summed E-state index contributed by atoms with van der Waals surface area (Å²) in [6.45, 7) is 0. The van der Waals surface area contributed by atoms with Crippen LogP contribution in [0.25, 0.3) is 21.1 Å². The van der Waals surface area contributed by atoms with E-state index in [1.807, 2.05) is 25.8 Å². The van der Waals surface area contributed by atoms with Gasteiger partial charge in [-0.25, -0.2) is 4.98 Å². The van der Waals surface area contributed by atoms with Crippen molar-refractivity contribution in [1.29, 1.82) is 0 Å². The molecule has 2 heterocycles. The van der Waals surface area contributed by atoms with Crippen LogP contribution in [0.15, 0.2) is 41.4 Å². The van der Waals surface area contributed by atoms with Gasteiger partial charge in [0.25, 0.3) is 0 Å². The molecule has 5 heteroatoms. The summed E-state index contributed by atoms with van der Waals surface area (Å²) in [6.07, 6.45) is 1.86. The van der Waals surface area contributed by atoms with Crippen LogP contribution in [0, 0.1) is 0 Å². The van der Waals surface area contributed by atoms with E-state index >= 15 is 0 Å². The molecule has 3 aromatic rings. The summed E-state index contributed by atoms with van der Waals surface area (Å²) >= 11 is 3.28. The first kappa shape index (κ1) is 12.3. The first-order valence-corrected chi connectivity index (χ1v) is 7.62. The lowest BCUT2D eigenvalue weighted by atomic mass is 10.1. The van der Waals surface area contributed by atoms with Crippen molar-refractivity contribution in [3.63, 3.8) is 0 Å². The second-order valence-electron chi connectivity index (χ2n) is 4.34. The lowest BCUT2D eigenvalue weighted by Crippen LogP contribution is -2.07. The van der Waals surface area contributed by atoms with Crippen molar-refractivity contribution in [2.24, 2.45) is 0 Å². The fourth-order valence-corrected chi connectivity index (χ4v) is 3.30. The number of benzene rings is 1. The highest BCUT2D eigenvalue weighted by Crippen LogP contribution is 2.31. The van der Waals surface area contributed by atoms with E-state index in [1.54, 1.807) is 22.7 Å². The SMILES string of the molecule is CN(C)c1ccc(-c2csc(-c3cncs3)n2)cc1. The van der Waals surface area contributed by atoms with E-state index in [9.17, 15) is 0 Å². The molecule has 3 nitrogen and oxygen atoms in total. The van der Waals surface area contributed by atoms with Crippen molar-refractivity contribution < 1.29 is 0 Å². The Kier molecular flexibility index (Phi) is 3.31. The standard InChI is InChI=1S/C14H13N3S2/c1-17(2)11-5-3-10(4-6-11)12-8-18-14(16-12)13-7-15-9-19-13/h3-9H,1-2H3. The molecule has 19 heavy (non-hydrogen) atoms. The van der Waals surface area contributed by atoms with Gasteiger partial charge < -0.3 is 4.90 Å². The van der Waals surface area contributed by atoms with Gasteiger partial charge in [0.15, 0.2) is 0 Å². The molecule has 96 valence electrons. The Balaban J connectivity index is 1.90. The third-order valence-corrected chi connectivity index (χ3v) is 4.61. The average Bonchev–Trinajstić information content (AvgIpc) is 3.10. The molecular weight excluding hydrogens is 274 g/mol. The fourth-order valence-electron chi connectivity index (χ4n) is 1.77. The first-order chi connectivity index (χ1) is 9.24. The third kappa shape index (κ3) is 2.52. The number of nitrogens with zero attached hydrogens (tertiary/aromatic N) is 3. The summed E-state index contributed by atoms with van der Waals surface area (Å²) in [4.78, 5) is 12.0. The summed E-state index contributed by atoms with van der Waals surface area (Å²) in [5, 5.41) is 3.13. The molecule has 0 aliphatic rings. The zero-order chi connectivity index (χ0) is 13.2. The Morgan fingerprint density at radius 2 is 1.84 bits per heavy atom. The molecule has 1 aromatic carbocycles. The van der Waals surface area contributed by atoms with E-state index < -0.39 is 0 Å². The molecule has 0 N–H and O–H groups in total. The van der Waals surface area contributed by atoms with E-state index in [2.05, 4.69) is 44.5 Å². The second-order valence-corrected chi connectivity index (χ2v) is 6.09. The van der Waals surface area contributed by atoms with E-state index in [0.29, 0.717) is 0 Å². The van der Waals surface area contributed by atoms with Gasteiger partial charge in [-0.2, -0.15) is 0 Å².